The fourth-order valence-corrected chi connectivity index (χ4v) is 2.92. The molecule has 1 aliphatic rings. The molecule has 19 heavy (non-hydrogen) atoms. The molecule has 1 aliphatic heterocycles. The molecule has 100 valence electrons. The van der Waals surface area contributed by atoms with Crippen molar-refractivity contribution in [3.05, 3.63) is 40.8 Å². The second kappa shape index (κ2) is 5.13. The Labute approximate surface area is 112 Å². The lowest BCUT2D eigenvalue weighted by molar-refractivity contribution is 0.189. The lowest BCUT2D eigenvalue weighted by atomic mass is 9.98. The molecule has 1 aromatic carbocycles. The first-order valence-corrected chi connectivity index (χ1v) is 6.87. The maximum absolute atomic E-state index is 12.4. The fraction of sp³-hybridized carbons (Fsp3) is 0.467. The van der Waals surface area contributed by atoms with Crippen molar-refractivity contribution in [2.45, 2.75) is 19.4 Å². The van der Waals surface area contributed by atoms with Crippen molar-refractivity contribution in [1.82, 2.24) is 14.7 Å². The average Bonchev–Trinajstić information content (AvgIpc) is 2.42. The number of fused-ring (bicyclic) bond motifs is 1. The van der Waals surface area contributed by atoms with E-state index in [1.165, 1.54) is 12.8 Å². The number of piperidine rings is 1. The first-order valence-electron chi connectivity index (χ1n) is 6.87. The highest BCUT2D eigenvalue weighted by Gasteiger charge is 2.18. The third-order valence-corrected chi connectivity index (χ3v) is 3.92. The van der Waals surface area contributed by atoms with Crippen molar-refractivity contribution in [2.24, 2.45) is 5.92 Å². The molecular formula is C15H19N3O. The summed E-state index contributed by atoms with van der Waals surface area (Å²) in [6.07, 6.45) is 4.19. The Balaban J connectivity index is 1.89. The van der Waals surface area contributed by atoms with Gasteiger partial charge in [0, 0.05) is 18.5 Å². The zero-order valence-electron chi connectivity index (χ0n) is 11.2. The summed E-state index contributed by atoms with van der Waals surface area (Å²) < 4.78 is 1.63. The summed E-state index contributed by atoms with van der Waals surface area (Å²) in [5.74, 6) is 0.533. The smallest absolute Gasteiger partial charge is 0.274 e. The average molecular weight is 257 g/mol. The van der Waals surface area contributed by atoms with Crippen LogP contribution in [0.2, 0.25) is 0 Å². The molecular weight excluding hydrogens is 238 g/mol. The quantitative estimate of drug-likeness (QED) is 0.822. The highest BCUT2D eigenvalue weighted by molar-refractivity contribution is 5.80. The molecule has 0 spiro atoms. The highest BCUT2D eigenvalue weighted by atomic mass is 16.1. The second-order valence-electron chi connectivity index (χ2n) is 5.49. The number of hydrogen-bond acceptors (Lipinski definition) is 3. The van der Waals surface area contributed by atoms with E-state index in [2.05, 4.69) is 17.0 Å². The molecule has 4 heteroatoms. The van der Waals surface area contributed by atoms with Crippen LogP contribution in [0.4, 0.5) is 0 Å². The van der Waals surface area contributed by atoms with Crippen molar-refractivity contribution in [3.8, 4) is 0 Å². The number of nitrogens with zero attached hydrogens (tertiary/aromatic N) is 3. The maximum Gasteiger partial charge on any atom is 0.274 e. The van der Waals surface area contributed by atoms with Crippen LogP contribution in [0.15, 0.2) is 35.3 Å². The topological polar surface area (TPSA) is 38.1 Å². The van der Waals surface area contributed by atoms with Crippen LogP contribution < -0.4 is 5.56 Å². The van der Waals surface area contributed by atoms with Crippen LogP contribution in [-0.2, 0) is 6.54 Å². The van der Waals surface area contributed by atoms with Gasteiger partial charge in [-0.15, -0.1) is 0 Å². The molecule has 3 rings (SSSR count). The predicted molar refractivity (Wildman–Crippen MR) is 76.2 cm³/mol. The lowest BCUT2D eigenvalue weighted by Gasteiger charge is -2.29. The number of benzene rings is 1. The minimum Gasteiger partial charge on any atom is -0.306 e. The molecule has 1 fully saturated rings. The molecule has 0 aliphatic carbocycles. The molecule has 0 bridgehead atoms. The van der Waals surface area contributed by atoms with E-state index in [0.717, 1.165) is 30.4 Å². The minimum atomic E-state index is 0.0336. The monoisotopic (exact) mass is 257 g/mol. The van der Waals surface area contributed by atoms with E-state index in [-0.39, 0.29) is 5.56 Å². The Bertz CT molecular complexity index is 635. The third-order valence-electron chi connectivity index (χ3n) is 3.92. The number of aromatic nitrogens is 2. The highest BCUT2D eigenvalue weighted by Crippen LogP contribution is 2.16. The Hall–Kier alpha value is -1.68. The molecule has 0 amide bonds. The molecule has 0 saturated carbocycles. The molecule has 0 unspecified atom stereocenters. The van der Waals surface area contributed by atoms with Gasteiger partial charge >= 0.3 is 0 Å². The zero-order chi connectivity index (χ0) is 13.2. The van der Waals surface area contributed by atoms with E-state index in [0.29, 0.717) is 5.92 Å². The van der Waals surface area contributed by atoms with Gasteiger partial charge in [-0.25, -0.2) is 4.68 Å². The summed E-state index contributed by atoms with van der Waals surface area (Å²) in [5, 5.41) is 6.00. The molecule has 0 radical (unpaired) electrons. The largest absolute Gasteiger partial charge is 0.306 e. The van der Waals surface area contributed by atoms with Gasteiger partial charge < -0.3 is 4.90 Å². The van der Waals surface area contributed by atoms with Gasteiger partial charge in [0.1, 0.15) is 0 Å². The third kappa shape index (κ3) is 2.54. The van der Waals surface area contributed by atoms with Gasteiger partial charge in [-0.2, -0.15) is 5.10 Å². The Morgan fingerprint density at radius 1 is 1.37 bits per heavy atom. The maximum atomic E-state index is 12.4. The van der Waals surface area contributed by atoms with E-state index >= 15 is 0 Å². The lowest BCUT2D eigenvalue weighted by Crippen LogP contribution is -2.36. The SMILES string of the molecule is CN1CCC[C@@H](Cn2ncc3ccccc3c2=O)C1. The Morgan fingerprint density at radius 2 is 2.21 bits per heavy atom. The van der Waals surface area contributed by atoms with E-state index in [1.807, 2.05) is 24.3 Å². The summed E-state index contributed by atoms with van der Waals surface area (Å²) in [6.45, 7) is 2.95. The van der Waals surface area contributed by atoms with Gasteiger partial charge in [0.15, 0.2) is 0 Å². The summed E-state index contributed by atoms with van der Waals surface area (Å²) in [6, 6.07) is 7.65. The number of likely N-dealkylation sites (tertiary alicyclic amines) is 1. The van der Waals surface area contributed by atoms with E-state index in [4.69, 9.17) is 0 Å². The predicted octanol–water partition coefficient (Wildman–Crippen LogP) is 1.74. The van der Waals surface area contributed by atoms with Crippen molar-refractivity contribution >= 4 is 10.8 Å². The van der Waals surface area contributed by atoms with Crippen molar-refractivity contribution in [1.29, 1.82) is 0 Å². The van der Waals surface area contributed by atoms with Gasteiger partial charge in [0.25, 0.3) is 5.56 Å². The summed E-state index contributed by atoms with van der Waals surface area (Å²) in [7, 11) is 2.14. The van der Waals surface area contributed by atoms with Crippen molar-refractivity contribution in [2.75, 3.05) is 20.1 Å². The standard InChI is InChI=1S/C15H19N3O/c1-17-8-4-5-12(10-17)11-18-15(19)14-7-3-2-6-13(14)9-16-18/h2-3,6-7,9,12H,4-5,8,10-11H2,1H3/t12-/m1/s1. The summed E-state index contributed by atoms with van der Waals surface area (Å²) in [4.78, 5) is 14.7. The van der Waals surface area contributed by atoms with Crippen LogP contribution in [0.1, 0.15) is 12.8 Å². The summed E-state index contributed by atoms with van der Waals surface area (Å²) in [5.41, 5.74) is 0.0336. The van der Waals surface area contributed by atoms with Crippen LogP contribution in [0.25, 0.3) is 10.8 Å². The molecule has 1 aromatic heterocycles. The van der Waals surface area contributed by atoms with Gasteiger partial charge in [-0.05, 0) is 38.4 Å². The van der Waals surface area contributed by atoms with Crippen LogP contribution >= 0.6 is 0 Å². The molecule has 2 heterocycles. The zero-order valence-corrected chi connectivity index (χ0v) is 11.2. The van der Waals surface area contributed by atoms with Gasteiger partial charge in [0.2, 0.25) is 0 Å². The van der Waals surface area contributed by atoms with E-state index in [1.54, 1.807) is 10.9 Å². The van der Waals surface area contributed by atoms with Crippen LogP contribution in [0.5, 0.6) is 0 Å². The van der Waals surface area contributed by atoms with Crippen molar-refractivity contribution in [3.63, 3.8) is 0 Å². The first kappa shape index (κ1) is 12.4. The van der Waals surface area contributed by atoms with Gasteiger partial charge in [0.05, 0.1) is 11.6 Å². The molecule has 1 atom stereocenters. The van der Waals surface area contributed by atoms with Gasteiger partial charge in [-0.3, -0.25) is 4.79 Å². The fourth-order valence-electron chi connectivity index (χ4n) is 2.92. The van der Waals surface area contributed by atoms with Gasteiger partial charge in [-0.1, -0.05) is 18.2 Å². The Kier molecular flexibility index (Phi) is 3.34. The summed E-state index contributed by atoms with van der Waals surface area (Å²) >= 11 is 0. The van der Waals surface area contributed by atoms with Crippen LogP contribution in [0, 0.1) is 5.92 Å². The van der Waals surface area contributed by atoms with Crippen LogP contribution in [0.3, 0.4) is 0 Å². The van der Waals surface area contributed by atoms with E-state index < -0.39 is 0 Å². The molecule has 1 saturated heterocycles. The van der Waals surface area contributed by atoms with Crippen molar-refractivity contribution < 1.29 is 0 Å². The normalized spacial score (nSPS) is 20.8. The Morgan fingerprint density at radius 3 is 3.05 bits per heavy atom. The number of hydrogen-bond donors (Lipinski definition) is 0. The van der Waals surface area contributed by atoms with E-state index in [9.17, 15) is 4.79 Å². The van der Waals surface area contributed by atoms with Crippen LogP contribution in [-0.4, -0.2) is 34.8 Å². The molecule has 0 N–H and O–H groups in total. The number of rotatable bonds is 2. The molecule has 4 nitrogen and oxygen atoms in total. The second-order valence-corrected chi connectivity index (χ2v) is 5.49. The first-order chi connectivity index (χ1) is 9.24. The minimum absolute atomic E-state index is 0.0336. The molecule has 2 aromatic rings.